The molecule has 2 aromatic carbocycles. The number of nitrogens with one attached hydrogen (secondary N) is 2. The molecule has 0 saturated carbocycles. The molecule has 0 radical (unpaired) electrons. The first-order chi connectivity index (χ1) is 10.6. The van der Waals surface area contributed by atoms with Crippen LogP contribution in [-0.2, 0) is 9.59 Å². The van der Waals surface area contributed by atoms with Crippen LogP contribution in [0.2, 0.25) is 0 Å². The minimum Gasteiger partial charge on any atom is -0.507 e. The van der Waals surface area contributed by atoms with E-state index in [1.165, 1.54) is 12.3 Å². The Labute approximate surface area is 127 Å². The maximum atomic E-state index is 11.6. The van der Waals surface area contributed by atoms with Crippen molar-refractivity contribution in [2.45, 2.75) is 6.42 Å². The normalized spacial score (nSPS) is 10.4. The van der Waals surface area contributed by atoms with E-state index in [9.17, 15) is 14.7 Å². The number of benzene rings is 2. The summed E-state index contributed by atoms with van der Waals surface area (Å²) in [4.78, 5) is 23.2. The fourth-order valence-corrected chi connectivity index (χ4v) is 1.68. The Bertz CT molecular complexity index is 684. The van der Waals surface area contributed by atoms with Gasteiger partial charge >= 0.3 is 0 Å². The highest BCUT2D eigenvalue weighted by Gasteiger charge is 2.08. The summed E-state index contributed by atoms with van der Waals surface area (Å²) in [6.07, 6.45) is 0.968. The van der Waals surface area contributed by atoms with Gasteiger partial charge in [-0.05, 0) is 24.3 Å². The third kappa shape index (κ3) is 4.75. The van der Waals surface area contributed by atoms with Crippen LogP contribution in [0.4, 0.5) is 5.69 Å². The van der Waals surface area contributed by atoms with Crippen molar-refractivity contribution < 1.29 is 14.7 Å². The summed E-state index contributed by atoms with van der Waals surface area (Å²) in [5.41, 5.74) is 3.33. The van der Waals surface area contributed by atoms with Crippen molar-refractivity contribution in [3.8, 4) is 5.75 Å². The number of hydrazone groups is 1. The first-order valence-electron chi connectivity index (χ1n) is 6.60. The number of hydrogen-bond acceptors (Lipinski definition) is 4. The number of nitrogens with zero attached hydrogens (tertiary/aromatic N) is 1. The summed E-state index contributed by atoms with van der Waals surface area (Å²) in [6, 6.07) is 15.4. The van der Waals surface area contributed by atoms with Crippen molar-refractivity contribution in [1.82, 2.24) is 5.43 Å². The highest BCUT2D eigenvalue weighted by atomic mass is 16.3. The van der Waals surface area contributed by atoms with Gasteiger partial charge in [0.2, 0.25) is 11.8 Å². The second kappa shape index (κ2) is 7.58. The molecule has 2 rings (SSSR count). The standard InChI is InChI=1S/C16H15N3O3/c20-14-9-5-4-6-12(14)11-17-19-16(22)10-15(21)18-13-7-2-1-3-8-13/h1-9,11,20H,10H2,(H,18,21)(H,19,22). The first kappa shape index (κ1) is 15.2. The van der Waals surface area contributed by atoms with Crippen molar-refractivity contribution in [2.75, 3.05) is 5.32 Å². The lowest BCUT2D eigenvalue weighted by Gasteiger charge is -2.04. The van der Waals surface area contributed by atoms with Crippen LogP contribution in [0.15, 0.2) is 59.7 Å². The predicted molar refractivity (Wildman–Crippen MR) is 83.5 cm³/mol. The molecule has 2 aromatic rings. The third-order valence-corrected chi connectivity index (χ3v) is 2.71. The predicted octanol–water partition coefficient (Wildman–Crippen LogP) is 1.87. The van der Waals surface area contributed by atoms with Gasteiger partial charge in [0.05, 0.1) is 6.21 Å². The number of para-hydroxylation sites is 2. The van der Waals surface area contributed by atoms with Crippen LogP contribution < -0.4 is 10.7 Å². The van der Waals surface area contributed by atoms with Gasteiger partial charge in [0.1, 0.15) is 12.2 Å². The van der Waals surface area contributed by atoms with E-state index >= 15 is 0 Å². The zero-order valence-corrected chi connectivity index (χ0v) is 11.7. The van der Waals surface area contributed by atoms with Gasteiger partial charge in [-0.2, -0.15) is 5.10 Å². The van der Waals surface area contributed by atoms with Crippen LogP contribution >= 0.6 is 0 Å². The molecule has 0 spiro atoms. The molecule has 0 aliphatic heterocycles. The molecular formula is C16H15N3O3. The SMILES string of the molecule is O=C(CC(=O)Nc1ccccc1)NN=Cc1ccccc1O. The number of carbonyl (C=O) groups excluding carboxylic acids is 2. The molecule has 0 aliphatic carbocycles. The van der Waals surface area contributed by atoms with E-state index in [0.29, 0.717) is 11.3 Å². The average molecular weight is 297 g/mol. The Kier molecular flexibility index (Phi) is 5.25. The van der Waals surface area contributed by atoms with Crippen molar-refractivity contribution in [2.24, 2.45) is 5.10 Å². The third-order valence-electron chi connectivity index (χ3n) is 2.71. The Balaban J connectivity index is 1.80. The zero-order chi connectivity index (χ0) is 15.8. The molecule has 0 atom stereocenters. The van der Waals surface area contributed by atoms with Crippen molar-refractivity contribution in [1.29, 1.82) is 0 Å². The van der Waals surface area contributed by atoms with Gasteiger partial charge in [0.15, 0.2) is 0 Å². The van der Waals surface area contributed by atoms with E-state index < -0.39 is 11.8 Å². The van der Waals surface area contributed by atoms with E-state index in [-0.39, 0.29) is 12.2 Å². The number of aromatic hydroxyl groups is 1. The molecule has 0 fully saturated rings. The molecule has 0 aromatic heterocycles. The molecule has 3 N–H and O–H groups in total. The quantitative estimate of drug-likeness (QED) is 0.447. The summed E-state index contributed by atoms with van der Waals surface area (Å²) in [6.45, 7) is 0. The minimum atomic E-state index is -0.542. The summed E-state index contributed by atoms with van der Waals surface area (Å²) >= 11 is 0. The van der Waals surface area contributed by atoms with Crippen molar-refractivity contribution in [3.63, 3.8) is 0 Å². The lowest BCUT2D eigenvalue weighted by atomic mass is 10.2. The Morgan fingerprint density at radius 3 is 2.41 bits per heavy atom. The number of phenols is 1. The second-order valence-corrected chi connectivity index (χ2v) is 4.44. The Hall–Kier alpha value is -3.15. The molecule has 0 bridgehead atoms. The maximum Gasteiger partial charge on any atom is 0.249 e. The smallest absolute Gasteiger partial charge is 0.249 e. The molecule has 2 amide bonds. The van der Waals surface area contributed by atoms with E-state index in [1.807, 2.05) is 6.07 Å². The average Bonchev–Trinajstić information content (AvgIpc) is 2.50. The largest absolute Gasteiger partial charge is 0.507 e. The fourth-order valence-electron chi connectivity index (χ4n) is 1.68. The fraction of sp³-hybridized carbons (Fsp3) is 0.0625. The van der Waals surface area contributed by atoms with Gasteiger partial charge in [0.25, 0.3) is 0 Å². The summed E-state index contributed by atoms with van der Waals surface area (Å²) in [7, 11) is 0. The van der Waals surface area contributed by atoms with Gasteiger partial charge in [-0.3, -0.25) is 9.59 Å². The topological polar surface area (TPSA) is 90.8 Å². The number of phenolic OH excluding ortho intramolecular Hbond substituents is 1. The maximum absolute atomic E-state index is 11.6. The van der Waals surface area contributed by atoms with Gasteiger partial charge in [-0.25, -0.2) is 5.43 Å². The van der Waals surface area contributed by atoms with Gasteiger partial charge < -0.3 is 10.4 Å². The lowest BCUT2D eigenvalue weighted by molar-refractivity contribution is -0.126. The number of carbonyl (C=O) groups is 2. The number of hydrogen-bond donors (Lipinski definition) is 3. The highest BCUT2D eigenvalue weighted by Crippen LogP contribution is 2.12. The number of anilines is 1. The van der Waals surface area contributed by atoms with Crippen LogP contribution in [0.25, 0.3) is 0 Å². The molecule has 0 saturated heterocycles. The van der Waals surface area contributed by atoms with E-state index in [0.717, 1.165) is 0 Å². The Morgan fingerprint density at radius 1 is 1.00 bits per heavy atom. The lowest BCUT2D eigenvalue weighted by Crippen LogP contribution is -2.24. The second-order valence-electron chi connectivity index (χ2n) is 4.44. The molecular weight excluding hydrogens is 282 g/mol. The van der Waals surface area contributed by atoms with Crippen LogP contribution in [-0.4, -0.2) is 23.1 Å². The number of rotatable bonds is 5. The van der Waals surface area contributed by atoms with E-state index in [1.54, 1.807) is 42.5 Å². The van der Waals surface area contributed by atoms with Crippen LogP contribution in [0, 0.1) is 0 Å². The Morgan fingerprint density at radius 2 is 1.68 bits per heavy atom. The van der Waals surface area contributed by atoms with Crippen molar-refractivity contribution in [3.05, 3.63) is 60.2 Å². The monoisotopic (exact) mass is 297 g/mol. The van der Waals surface area contributed by atoms with Crippen LogP contribution in [0.5, 0.6) is 5.75 Å². The molecule has 22 heavy (non-hydrogen) atoms. The van der Waals surface area contributed by atoms with Gasteiger partial charge in [0, 0.05) is 11.3 Å². The van der Waals surface area contributed by atoms with Crippen LogP contribution in [0.1, 0.15) is 12.0 Å². The van der Waals surface area contributed by atoms with E-state index in [2.05, 4.69) is 15.8 Å². The molecule has 0 heterocycles. The highest BCUT2D eigenvalue weighted by molar-refractivity contribution is 6.03. The van der Waals surface area contributed by atoms with Gasteiger partial charge in [-0.1, -0.05) is 30.3 Å². The summed E-state index contributed by atoms with van der Waals surface area (Å²) in [5.74, 6) is -0.913. The molecule has 6 nitrogen and oxygen atoms in total. The molecule has 112 valence electrons. The summed E-state index contributed by atoms with van der Waals surface area (Å²) in [5, 5.41) is 15.8. The van der Waals surface area contributed by atoms with Crippen LogP contribution in [0.3, 0.4) is 0 Å². The molecule has 0 unspecified atom stereocenters. The minimum absolute atomic E-state index is 0.0577. The van der Waals surface area contributed by atoms with E-state index in [4.69, 9.17) is 0 Å². The zero-order valence-electron chi connectivity index (χ0n) is 11.7. The van der Waals surface area contributed by atoms with Crippen molar-refractivity contribution >= 4 is 23.7 Å². The first-order valence-corrected chi connectivity index (χ1v) is 6.60. The number of amides is 2. The summed E-state index contributed by atoms with van der Waals surface area (Å²) < 4.78 is 0. The van der Waals surface area contributed by atoms with Gasteiger partial charge in [-0.15, -0.1) is 0 Å². The molecule has 6 heteroatoms. The molecule has 0 aliphatic rings.